The molecule has 0 aliphatic heterocycles. The van der Waals surface area contributed by atoms with Crippen molar-refractivity contribution in [1.82, 2.24) is 9.13 Å². The first-order chi connectivity index (χ1) is 10.1. The lowest BCUT2D eigenvalue weighted by molar-refractivity contribution is -0.910. The van der Waals surface area contributed by atoms with E-state index in [4.69, 9.17) is 0 Å². The van der Waals surface area contributed by atoms with Crippen LogP contribution in [0.2, 0.25) is 0 Å². The molecule has 0 fully saturated rings. The Morgan fingerprint density at radius 2 is 1.76 bits per heavy atom. The zero-order valence-corrected chi connectivity index (χ0v) is 13.6. The summed E-state index contributed by atoms with van der Waals surface area (Å²) in [4.78, 5) is 13.6. The number of aryl methyl sites for hydroxylation is 2. The first-order valence-electron chi connectivity index (χ1n) is 7.88. The van der Waals surface area contributed by atoms with Crippen molar-refractivity contribution in [2.24, 2.45) is 14.1 Å². The Kier molecular flexibility index (Phi) is 5.20. The molecule has 0 aliphatic carbocycles. The van der Waals surface area contributed by atoms with Gasteiger partial charge in [-0.1, -0.05) is 6.07 Å². The SMILES string of the molecule is CC[NH+](CC)CC[NH2+]Cc1ccc2c(c1)n(C)c(=O)n2C. The summed E-state index contributed by atoms with van der Waals surface area (Å²) in [7, 11) is 3.66. The van der Waals surface area contributed by atoms with Crippen LogP contribution in [0.3, 0.4) is 0 Å². The van der Waals surface area contributed by atoms with Crippen molar-refractivity contribution in [3.05, 3.63) is 34.2 Å². The van der Waals surface area contributed by atoms with Gasteiger partial charge in [0.15, 0.2) is 0 Å². The fraction of sp³-hybridized carbons (Fsp3) is 0.562. The summed E-state index contributed by atoms with van der Waals surface area (Å²) in [5, 5.41) is 2.35. The van der Waals surface area contributed by atoms with Crippen molar-refractivity contribution in [1.29, 1.82) is 0 Å². The third-order valence-corrected chi connectivity index (χ3v) is 4.42. The number of hydrogen-bond donors (Lipinski definition) is 2. The van der Waals surface area contributed by atoms with E-state index in [0.29, 0.717) is 0 Å². The summed E-state index contributed by atoms with van der Waals surface area (Å²) < 4.78 is 3.42. The molecule has 0 amide bonds. The molecule has 0 radical (unpaired) electrons. The highest BCUT2D eigenvalue weighted by Crippen LogP contribution is 2.13. The van der Waals surface area contributed by atoms with Gasteiger partial charge in [-0.15, -0.1) is 0 Å². The molecule has 3 N–H and O–H groups in total. The molecule has 116 valence electrons. The van der Waals surface area contributed by atoms with Gasteiger partial charge in [0.05, 0.1) is 24.1 Å². The first kappa shape index (κ1) is 15.8. The number of nitrogens with zero attached hydrogens (tertiary/aromatic N) is 2. The largest absolute Gasteiger partial charge is 0.338 e. The molecular weight excluding hydrogens is 264 g/mol. The number of rotatable bonds is 7. The molecule has 0 aliphatic rings. The Balaban J connectivity index is 2.00. The van der Waals surface area contributed by atoms with E-state index in [1.165, 1.54) is 25.2 Å². The molecule has 5 nitrogen and oxygen atoms in total. The molecule has 0 atom stereocenters. The Hall–Kier alpha value is -1.59. The second-order valence-electron chi connectivity index (χ2n) is 5.71. The van der Waals surface area contributed by atoms with Crippen LogP contribution in [0.1, 0.15) is 19.4 Å². The number of nitrogens with one attached hydrogen (secondary N) is 1. The zero-order chi connectivity index (χ0) is 15.4. The van der Waals surface area contributed by atoms with Gasteiger partial charge in [-0.3, -0.25) is 9.13 Å². The minimum Gasteiger partial charge on any atom is -0.338 e. The van der Waals surface area contributed by atoms with Gasteiger partial charge in [0.1, 0.15) is 19.6 Å². The number of aromatic nitrogens is 2. The van der Waals surface area contributed by atoms with Gasteiger partial charge in [0.2, 0.25) is 0 Å². The second-order valence-corrected chi connectivity index (χ2v) is 5.71. The van der Waals surface area contributed by atoms with E-state index in [1.807, 2.05) is 14.1 Å². The third-order valence-electron chi connectivity index (χ3n) is 4.42. The number of hydrogen-bond acceptors (Lipinski definition) is 1. The molecule has 0 saturated carbocycles. The summed E-state index contributed by atoms with van der Waals surface area (Å²) in [5.74, 6) is 0. The molecule has 0 unspecified atom stereocenters. The average molecular weight is 292 g/mol. The van der Waals surface area contributed by atoms with Crippen LogP contribution in [-0.4, -0.2) is 35.3 Å². The number of quaternary nitrogens is 2. The van der Waals surface area contributed by atoms with Crippen molar-refractivity contribution < 1.29 is 10.2 Å². The lowest BCUT2D eigenvalue weighted by Gasteiger charge is -2.14. The quantitative estimate of drug-likeness (QED) is 0.623. The molecule has 1 aromatic carbocycles. The lowest BCUT2D eigenvalue weighted by atomic mass is 10.2. The minimum absolute atomic E-state index is 0.0382. The van der Waals surface area contributed by atoms with E-state index in [0.717, 1.165) is 24.1 Å². The predicted molar refractivity (Wildman–Crippen MR) is 85.6 cm³/mol. The van der Waals surface area contributed by atoms with Gasteiger partial charge in [0.25, 0.3) is 0 Å². The highest BCUT2D eigenvalue weighted by Gasteiger charge is 2.09. The minimum atomic E-state index is 0.0382. The average Bonchev–Trinajstić information content (AvgIpc) is 2.72. The lowest BCUT2D eigenvalue weighted by Crippen LogP contribution is -3.14. The van der Waals surface area contributed by atoms with E-state index in [9.17, 15) is 4.79 Å². The summed E-state index contributed by atoms with van der Waals surface area (Å²) in [6.07, 6.45) is 0. The summed E-state index contributed by atoms with van der Waals surface area (Å²) in [6.45, 7) is 10.2. The van der Waals surface area contributed by atoms with Crippen LogP contribution in [0.5, 0.6) is 0 Å². The zero-order valence-electron chi connectivity index (χ0n) is 13.6. The van der Waals surface area contributed by atoms with Gasteiger partial charge in [-0.2, -0.15) is 0 Å². The normalized spacial score (nSPS) is 11.7. The molecule has 0 saturated heterocycles. The summed E-state index contributed by atoms with van der Waals surface area (Å²) >= 11 is 0. The predicted octanol–water partition coefficient (Wildman–Crippen LogP) is -1.13. The number of fused-ring (bicyclic) bond motifs is 1. The highest BCUT2D eigenvalue weighted by atomic mass is 16.1. The van der Waals surface area contributed by atoms with E-state index < -0.39 is 0 Å². The van der Waals surface area contributed by atoms with Gasteiger partial charge in [-0.25, -0.2) is 4.79 Å². The molecule has 1 heterocycles. The van der Waals surface area contributed by atoms with Crippen LogP contribution >= 0.6 is 0 Å². The van der Waals surface area contributed by atoms with Crippen molar-refractivity contribution in [3.63, 3.8) is 0 Å². The van der Waals surface area contributed by atoms with Crippen LogP contribution in [0, 0.1) is 0 Å². The molecule has 2 rings (SSSR count). The second kappa shape index (κ2) is 6.91. The fourth-order valence-corrected chi connectivity index (χ4v) is 2.86. The number of likely N-dealkylation sites (N-methyl/N-ethyl adjacent to an activating group) is 1. The van der Waals surface area contributed by atoms with E-state index in [1.54, 1.807) is 14.0 Å². The Bertz CT molecular complexity index is 652. The maximum atomic E-state index is 11.9. The van der Waals surface area contributed by atoms with E-state index in [-0.39, 0.29) is 5.69 Å². The van der Waals surface area contributed by atoms with E-state index in [2.05, 4.69) is 37.4 Å². The van der Waals surface area contributed by atoms with Gasteiger partial charge in [-0.05, 0) is 26.0 Å². The molecule has 2 aromatic rings. The molecule has 21 heavy (non-hydrogen) atoms. The first-order valence-corrected chi connectivity index (χ1v) is 7.88. The number of benzene rings is 1. The standard InChI is InChI=1S/C16H26N4O/c1-5-20(6-2)10-9-17-12-13-7-8-14-15(11-13)19(4)16(21)18(14)3/h7-8,11,17H,5-6,9-10,12H2,1-4H3/p+2. The fourth-order valence-electron chi connectivity index (χ4n) is 2.86. The Morgan fingerprint density at radius 3 is 2.43 bits per heavy atom. The molecule has 5 heteroatoms. The van der Waals surface area contributed by atoms with Crippen LogP contribution < -0.4 is 15.9 Å². The summed E-state index contributed by atoms with van der Waals surface area (Å²) in [5.41, 5.74) is 3.33. The topological polar surface area (TPSA) is 48.0 Å². The third kappa shape index (κ3) is 3.36. The van der Waals surface area contributed by atoms with Crippen LogP contribution in [0.25, 0.3) is 11.0 Å². The number of nitrogens with two attached hydrogens (primary N) is 1. The number of imidazole rings is 1. The maximum absolute atomic E-state index is 11.9. The van der Waals surface area contributed by atoms with Gasteiger partial charge in [0, 0.05) is 19.7 Å². The smallest absolute Gasteiger partial charge is 0.328 e. The molecule has 0 spiro atoms. The summed E-state index contributed by atoms with van der Waals surface area (Å²) in [6, 6.07) is 6.32. The van der Waals surface area contributed by atoms with Crippen molar-refractivity contribution in [2.45, 2.75) is 20.4 Å². The highest BCUT2D eigenvalue weighted by molar-refractivity contribution is 5.76. The maximum Gasteiger partial charge on any atom is 0.328 e. The Morgan fingerprint density at radius 1 is 1.10 bits per heavy atom. The molecular formula is C16H28N4O+2. The Labute approximate surface area is 126 Å². The van der Waals surface area contributed by atoms with Crippen LogP contribution in [0.4, 0.5) is 0 Å². The van der Waals surface area contributed by atoms with Crippen molar-refractivity contribution in [2.75, 3.05) is 26.2 Å². The van der Waals surface area contributed by atoms with Crippen molar-refractivity contribution in [3.8, 4) is 0 Å². The van der Waals surface area contributed by atoms with Crippen LogP contribution in [-0.2, 0) is 20.6 Å². The molecule has 0 bridgehead atoms. The molecule has 1 aromatic heterocycles. The van der Waals surface area contributed by atoms with Gasteiger partial charge < -0.3 is 10.2 Å². The van der Waals surface area contributed by atoms with Gasteiger partial charge >= 0.3 is 5.69 Å². The van der Waals surface area contributed by atoms with Crippen molar-refractivity contribution >= 4 is 11.0 Å². The van der Waals surface area contributed by atoms with Crippen LogP contribution in [0.15, 0.2) is 23.0 Å². The van der Waals surface area contributed by atoms with E-state index >= 15 is 0 Å². The monoisotopic (exact) mass is 292 g/mol.